The molecular weight excluding hydrogens is 188 g/mol. The summed E-state index contributed by atoms with van der Waals surface area (Å²) in [6.45, 7) is 4.60. The fourth-order valence-corrected chi connectivity index (χ4v) is 2.20. The first kappa shape index (κ1) is 12.5. The van der Waals surface area contributed by atoms with Crippen LogP contribution in [0.15, 0.2) is 0 Å². The molecule has 0 bridgehead atoms. The van der Waals surface area contributed by atoms with Crippen LogP contribution >= 0.6 is 0 Å². The summed E-state index contributed by atoms with van der Waals surface area (Å²) in [5.74, 6) is 0.869. The number of ether oxygens (including phenoxy) is 1. The van der Waals surface area contributed by atoms with Gasteiger partial charge in [-0.2, -0.15) is 0 Å². The summed E-state index contributed by atoms with van der Waals surface area (Å²) in [6.07, 6.45) is 9.86. The van der Waals surface area contributed by atoms with Crippen LogP contribution in [0.3, 0.4) is 0 Å². The summed E-state index contributed by atoms with van der Waals surface area (Å²) < 4.78 is 4.97. The SMILES string of the molecule is CCCC(C)CCCCCC1CC(=O)O1. The van der Waals surface area contributed by atoms with Gasteiger partial charge in [-0.05, 0) is 18.8 Å². The number of carbonyl (C=O) groups excluding carboxylic acids is 1. The molecule has 1 aliphatic rings. The highest BCUT2D eigenvalue weighted by atomic mass is 16.6. The van der Waals surface area contributed by atoms with Gasteiger partial charge >= 0.3 is 5.97 Å². The first-order valence-electron chi connectivity index (χ1n) is 6.41. The Bertz CT molecular complexity index is 181. The van der Waals surface area contributed by atoms with Gasteiger partial charge in [0.15, 0.2) is 0 Å². The highest BCUT2D eigenvalue weighted by Gasteiger charge is 2.27. The maximum absolute atomic E-state index is 10.5. The summed E-state index contributed by atoms with van der Waals surface area (Å²) in [7, 11) is 0. The predicted octanol–water partition coefficient (Wildman–Crippen LogP) is 3.69. The summed E-state index contributed by atoms with van der Waals surface area (Å²) in [6, 6.07) is 0. The molecule has 0 radical (unpaired) electrons. The number of cyclic esters (lactones) is 1. The molecule has 0 saturated carbocycles. The average molecular weight is 212 g/mol. The Morgan fingerprint density at radius 1 is 1.33 bits per heavy atom. The second-order valence-electron chi connectivity index (χ2n) is 4.85. The Morgan fingerprint density at radius 2 is 2.07 bits per heavy atom. The van der Waals surface area contributed by atoms with Gasteiger partial charge in [-0.25, -0.2) is 0 Å². The molecule has 0 spiro atoms. The van der Waals surface area contributed by atoms with Gasteiger partial charge in [0.25, 0.3) is 0 Å². The molecule has 1 heterocycles. The molecule has 15 heavy (non-hydrogen) atoms. The standard InChI is InChI=1S/C13H24O2/c1-3-7-11(2)8-5-4-6-9-12-10-13(14)15-12/h11-12H,3-10H2,1-2H3. The van der Waals surface area contributed by atoms with Crippen molar-refractivity contribution < 1.29 is 9.53 Å². The van der Waals surface area contributed by atoms with Crippen molar-refractivity contribution in [1.82, 2.24) is 0 Å². The van der Waals surface area contributed by atoms with E-state index in [-0.39, 0.29) is 12.1 Å². The van der Waals surface area contributed by atoms with Crippen molar-refractivity contribution in [1.29, 1.82) is 0 Å². The molecule has 1 fully saturated rings. The molecule has 0 N–H and O–H groups in total. The van der Waals surface area contributed by atoms with E-state index in [0.717, 1.165) is 12.3 Å². The molecule has 1 saturated heterocycles. The van der Waals surface area contributed by atoms with E-state index in [2.05, 4.69) is 13.8 Å². The third-order valence-electron chi connectivity index (χ3n) is 3.20. The molecule has 88 valence electrons. The highest BCUT2D eigenvalue weighted by Crippen LogP contribution is 2.21. The van der Waals surface area contributed by atoms with Crippen molar-refractivity contribution in [3.8, 4) is 0 Å². The molecule has 2 atom stereocenters. The van der Waals surface area contributed by atoms with Gasteiger partial charge in [0.1, 0.15) is 6.10 Å². The molecule has 1 aliphatic heterocycles. The van der Waals surface area contributed by atoms with Gasteiger partial charge in [0.2, 0.25) is 0 Å². The Labute approximate surface area is 93.4 Å². The van der Waals surface area contributed by atoms with Gasteiger partial charge in [-0.1, -0.05) is 46.0 Å². The number of hydrogen-bond donors (Lipinski definition) is 0. The maximum atomic E-state index is 10.5. The Hall–Kier alpha value is -0.530. The molecule has 2 unspecified atom stereocenters. The monoisotopic (exact) mass is 212 g/mol. The van der Waals surface area contributed by atoms with Gasteiger partial charge in [-0.3, -0.25) is 4.79 Å². The topological polar surface area (TPSA) is 26.3 Å². The lowest BCUT2D eigenvalue weighted by Gasteiger charge is -2.25. The molecule has 2 heteroatoms. The summed E-state index contributed by atoms with van der Waals surface area (Å²) in [5.41, 5.74) is 0. The highest BCUT2D eigenvalue weighted by molar-refractivity contribution is 5.75. The average Bonchev–Trinajstić information content (AvgIpc) is 2.14. The second-order valence-corrected chi connectivity index (χ2v) is 4.85. The summed E-state index contributed by atoms with van der Waals surface area (Å²) >= 11 is 0. The fraction of sp³-hybridized carbons (Fsp3) is 0.923. The van der Waals surface area contributed by atoms with Crippen molar-refractivity contribution in [3.63, 3.8) is 0 Å². The third-order valence-corrected chi connectivity index (χ3v) is 3.20. The van der Waals surface area contributed by atoms with E-state index in [1.165, 1.54) is 38.5 Å². The molecule has 0 aliphatic carbocycles. The minimum atomic E-state index is -0.0171. The maximum Gasteiger partial charge on any atom is 0.309 e. The number of esters is 1. The lowest BCUT2D eigenvalue weighted by molar-refractivity contribution is -0.169. The number of unbranched alkanes of at least 4 members (excludes halogenated alkanes) is 2. The number of rotatable bonds is 8. The van der Waals surface area contributed by atoms with E-state index < -0.39 is 0 Å². The van der Waals surface area contributed by atoms with Crippen molar-refractivity contribution in [2.75, 3.05) is 0 Å². The lowest BCUT2D eigenvalue weighted by atomic mass is 9.97. The van der Waals surface area contributed by atoms with Gasteiger partial charge in [0, 0.05) is 0 Å². The van der Waals surface area contributed by atoms with Crippen LogP contribution in [0.1, 0.15) is 65.2 Å². The Morgan fingerprint density at radius 3 is 2.67 bits per heavy atom. The third kappa shape index (κ3) is 5.19. The second kappa shape index (κ2) is 6.86. The van der Waals surface area contributed by atoms with E-state index in [1.807, 2.05) is 0 Å². The van der Waals surface area contributed by atoms with E-state index in [4.69, 9.17) is 4.74 Å². The quantitative estimate of drug-likeness (QED) is 0.453. The lowest BCUT2D eigenvalue weighted by Crippen LogP contribution is -2.32. The van der Waals surface area contributed by atoms with Crippen LogP contribution in [0.5, 0.6) is 0 Å². The molecule has 0 amide bonds. The van der Waals surface area contributed by atoms with Crippen LogP contribution in [0, 0.1) is 5.92 Å². The summed E-state index contributed by atoms with van der Waals surface area (Å²) in [4.78, 5) is 10.5. The summed E-state index contributed by atoms with van der Waals surface area (Å²) in [5, 5.41) is 0. The molecule has 2 nitrogen and oxygen atoms in total. The van der Waals surface area contributed by atoms with E-state index in [0.29, 0.717) is 6.42 Å². The predicted molar refractivity (Wildman–Crippen MR) is 61.7 cm³/mol. The molecule has 0 aromatic rings. The van der Waals surface area contributed by atoms with Crippen molar-refractivity contribution in [2.45, 2.75) is 71.3 Å². The minimum Gasteiger partial charge on any atom is -0.462 e. The Balaban J connectivity index is 1.83. The molecule has 1 rings (SSSR count). The van der Waals surface area contributed by atoms with Crippen LogP contribution in [0.2, 0.25) is 0 Å². The van der Waals surface area contributed by atoms with Crippen molar-refractivity contribution >= 4 is 5.97 Å². The van der Waals surface area contributed by atoms with E-state index >= 15 is 0 Å². The largest absolute Gasteiger partial charge is 0.462 e. The first-order valence-corrected chi connectivity index (χ1v) is 6.41. The zero-order valence-corrected chi connectivity index (χ0v) is 10.1. The molecule has 0 aromatic heterocycles. The van der Waals surface area contributed by atoms with Gasteiger partial charge in [-0.15, -0.1) is 0 Å². The van der Waals surface area contributed by atoms with Gasteiger partial charge < -0.3 is 4.74 Å². The van der Waals surface area contributed by atoms with Crippen molar-refractivity contribution in [3.05, 3.63) is 0 Å². The number of hydrogen-bond acceptors (Lipinski definition) is 2. The molecule has 0 aromatic carbocycles. The Kier molecular flexibility index (Phi) is 5.74. The number of carbonyl (C=O) groups is 1. The fourth-order valence-electron chi connectivity index (χ4n) is 2.20. The van der Waals surface area contributed by atoms with E-state index in [9.17, 15) is 4.79 Å². The molecular formula is C13H24O2. The van der Waals surface area contributed by atoms with Crippen LogP contribution in [-0.4, -0.2) is 12.1 Å². The van der Waals surface area contributed by atoms with Crippen LogP contribution in [0.25, 0.3) is 0 Å². The van der Waals surface area contributed by atoms with Gasteiger partial charge in [0.05, 0.1) is 6.42 Å². The van der Waals surface area contributed by atoms with E-state index in [1.54, 1.807) is 0 Å². The van der Waals surface area contributed by atoms with Crippen LogP contribution in [0.4, 0.5) is 0 Å². The minimum absolute atomic E-state index is 0.0171. The van der Waals surface area contributed by atoms with Crippen LogP contribution < -0.4 is 0 Å². The normalized spacial score (nSPS) is 22.0. The zero-order chi connectivity index (χ0) is 11.1. The first-order chi connectivity index (χ1) is 7.22. The smallest absolute Gasteiger partial charge is 0.309 e. The van der Waals surface area contributed by atoms with Crippen molar-refractivity contribution in [2.24, 2.45) is 5.92 Å². The van der Waals surface area contributed by atoms with Crippen LogP contribution in [-0.2, 0) is 9.53 Å². The zero-order valence-electron chi connectivity index (χ0n) is 10.1.